The van der Waals surface area contributed by atoms with Gasteiger partial charge in [-0.05, 0) is 42.4 Å². The second-order valence-electron chi connectivity index (χ2n) is 5.59. The van der Waals surface area contributed by atoms with Gasteiger partial charge in [0.2, 0.25) is 0 Å². The Labute approximate surface area is 128 Å². The van der Waals surface area contributed by atoms with Gasteiger partial charge in [-0.1, -0.05) is 0 Å². The maximum atomic E-state index is 10.8. The predicted molar refractivity (Wildman–Crippen MR) is 85.8 cm³/mol. The number of aryl methyl sites for hydroxylation is 1. The lowest BCUT2D eigenvalue weighted by Crippen LogP contribution is -2.29. The van der Waals surface area contributed by atoms with Crippen LogP contribution in [0.3, 0.4) is 0 Å². The number of benzene rings is 1. The van der Waals surface area contributed by atoms with Gasteiger partial charge in [-0.2, -0.15) is 4.68 Å². The normalized spacial score (nSPS) is 15.0. The molecule has 0 unspecified atom stereocenters. The molecule has 2 aromatic rings. The highest BCUT2D eigenvalue weighted by atomic mass is 16.6. The number of nitrogens with two attached hydrogens (primary N) is 1. The van der Waals surface area contributed by atoms with Crippen molar-refractivity contribution in [2.24, 2.45) is 7.05 Å². The zero-order chi connectivity index (χ0) is 15.7. The first-order valence-corrected chi connectivity index (χ1v) is 7.39. The van der Waals surface area contributed by atoms with Gasteiger partial charge in [0, 0.05) is 30.0 Å². The van der Waals surface area contributed by atoms with Gasteiger partial charge in [0.15, 0.2) is 0 Å². The molecule has 0 spiro atoms. The standard InChI is InChI=1S/C15H19N5O2/c1-18-14(10-15(17-18)20(21)22)12-6-5-11(9-13(12)16)19-7-3-2-4-8-19/h5-6,9-10H,2-4,7-8,16H2,1H3. The van der Waals surface area contributed by atoms with E-state index in [1.807, 2.05) is 18.2 Å². The minimum Gasteiger partial charge on any atom is -0.398 e. The zero-order valence-corrected chi connectivity index (χ0v) is 12.5. The molecule has 7 heteroatoms. The van der Waals surface area contributed by atoms with Crippen LogP contribution >= 0.6 is 0 Å². The van der Waals surface area contributed by atoms with Crippen LogP contribution in [-0.4, -0.2) is 27.8 Å². The van der Waals surface area contributed by atoms with Crippen LogP contribution in [0.1, 0.15) is 19.3 Å². The van der Waals surface area contributed by atoms with Gasteiger partial charge in [-0.15, -0.1) is 0 Å². The highest BCUT2D eigenvalue weighted by molar-refractivity contribution is 5.78. The van der Waals surface area contributed by atoms with E-state index in [0.29, 0.717) is 11.4 Å². The van der Waals surface area contributed by atoms with Crippen LogP contribution in [0.15, 0.2) is 24.3 Å². The Bertz CT molecular complexity index is 704. The van der Waals surface area contributed by atoms with E-state index in [-0.39, 0.29) is 5.82 Å². The zero-order valence-electron chi connectivity index (χ0n) is 12.5. The van der Waals surface area contributed by atoms with E-state index < -0.39 is 4.92 Å². The molecule has 1 aliphatic rings. The fraction of sp³-hybridized carbons (Fsp3) is 0.400. The maximum absolute atomic E-state index is 10.8. The Morgan fingerprint density at radius 1 is 1.23 bits per heavy atom. The van der Waals surface area contributed by atoms with E-state index in [0.717, 1.165) is 24.3 Å². The summed E-state index contributed by atoms with van der Waals surface area (Å²) in [4.78, 5) is 12.7. The molecule has 0 aliphatic carbocycles. The Kier molecular flexibility index (Phi) is 3.70. The number of piperidine rings is 1. The number of anilines is 2. The molecule has 1 aromatic heterocycles. The van der Waals surface area contributed by atoms with Crippen molar-refractivity contribution in [2.75, 3.05) is 23.7 Å². The van der Waals surface area contributed by atoms with Gasteiger partial charge in [-0.25, -0.2) is 0 Å². The molecule has 1 aromatic carbocycles. The molecular formula is C15H19N5O2. The lowest BCUT2D eigenvalue weighted by Gasteiger charge is -2.29. The van der Waals surface area contributed by atoms with Crippen molar-refractivity contribution in [3.05, 3.63) is 34.4 Å². The second-order valence-corrected chi connectivity index (χ2v) is 5.59. The summed E-state index contributed by atoms with van der Waals surface area (Å²) in [6, 6.07) is 7.33. The van der Waals surface area contributed by atoms with Crippen LogP contribution in [0.5, 0.6) is 0 Å². The molecule has 0 amide bonds. The van der Waals surface area contributed by atoms with E-state index >= 15 is 0 Å². The SMILES string of the molecule is Cn1nc([N+](=O)[O-])cc1-c1ccc(N2CCCCC2)cc1N. The van der Waals surface area contributed by atoms with E-state index in [4.69, 9.17) is 5.73 Å². The van der Waals surface area contributed by atoms with E-state index in [1.165, 1.54) is 30.0 Å². The largest absolute Gasteiger partial charge is 0.398 e. The van der Waals surface area contributed by atoms with Crippen molar-refractivity contribution in [1.82, 2.24) is 9.78 Å². The molecule has 2 N–H and O–H groups in total. The van der Waals surface area contributed by atoms with Crippen molar-refractivity contribution in [1.29, 1.82) is 0 Å². The number of rotatable bonds is 3. The number of nitrogens with zero attached hydrogens (tertiary/aromatic N) is 4. The van der Waals surface area contributed by atoms with Crippen molar-refractivity contribution in [3.63, 3.8) is 0 Å². The summed E-state index contributed by atoms with van der Waals surface area (Å²) >= 11 is 0. The second kappa shape index (κ2) is 5.67. The predicted octanol–water partition coefficient (Wildman–Crippen LogP) is 2.57. The minimum absolute atomic E-state index is 0.169. The van der Waals surface area contributed by atoms with E-state index in [2.05, 4.69) is 10.00 Å². The molecule has 116 valence electrons. The molecule has 22 heavy (non-hydrogen) atoms. The fourth-order valence-corrected chi connectivity index (χ4v) is 2.93. The third-order valence-electron chi connectivity index (χ3n) is 4.09. The molecule has 3 rings (SSSR count). The van der Waals surface area contributed by atoms with Crippen molar-refractivity contribution in [3.8, 4) is 11.3 Å². The van der Waals surface area contributed by atoms with Crippen LogP contribution in [0.4, 0.5) is 17.2 Å². The lowest BCUT2D eigenvalue weighted by molar-refractivity contribution is -0.389. The molecule has 7 nitrogen and oxygen atoms in total. The summed E-state index contributed by atoms with van der Waals surface area (Å²) in [6.45, 7) is 2.10. The number of nitro groups is 1. The van der Waals surface area contributed by atoms with Gasteiger partial charge in [0.05, 0.1) is 23.9 Å². The molecule has 0 saturated carbocycles. The average Bonchev–Trinajstić information content (AvgIpc) is 2.90. The van der Waals surface area contributed by atoms with Crippen LogP contribution in [0, 0.1) is 10.1 Å². The molecule has 0 radical (unpaired) electrons. The van der Waals surface area contributed by atoms with E-state index in [1.54, 1.807) is 7.05 Å². The Hall–Kier alpha value is -2.57. The maximum Gasteiger partial charge on any atom is 0.390 e. The van der Waals surface area contributed by atoms with Crippen LogP contribution in [-0.2, 0) is 7.05 Å². The van der Waals surface area contributed by atoms with Crippen molar-refractivity contribution < 1.29 is 4.92 Å². The Balaban J connectivity index is 1.93. The van der Waals surface area contributed by atoms with Gasteiger partial charge < -0.3 is 20.7 Å². The number of hydrogen-bond acceptors (Lipinski definition) is 5. The molecule has 1 aliphatic heterocycles. The Morgan fingerprint density at radius 3 is 2.55 bits per heavy atom. The van der Waals surface area contributed by atoms with Gasteiger partial charge in [0.1, 0.15) is 0 Å². The third kappa shape index (κ3) is 2.61. The summed E-state index contributed by atoms with van der Waals surface area (Å²) in [5.74, 6) is -0.169. The minimum atomic E-state index is -0.498. The quantitative estimate of drug-likeness (QED) is 0.534. The monoisotopic (exact) mass is 301 g/mol. The van der Waals surface area contributed by atoms with Crippen LogP contribution < -0.4 is 10.6 Å². The summed E-state index contributed by atoms with van der Waals surface area (Å²) in [5.41, 5.74) is 9.31. The summed E-state index contributed by atoms with van der Waals surface area (Å²) in [5, 5.41) is 14.7. The first-order chi connectivity index (χ1) is 10.6. The van der Waals surface area contributed by atoms with E-state index in [9.17, 15) is 10.1 Å². The topological polar surface area (TPSA) is 90.2 Å². The molecule has 0 atom stereocenters. The highest BCUT2D eigenvalue weighted by Gasteiger charge is 2.19. The van der Waals surface area contributed by atoms with Gasteiger partial charge >= 0.3 is 5.82 Å². The first kappa shape index (κ1) is 14.4. The molecular weight excluding hydrogens is 282 g/mol. The van der Waals surface area contributed by atoms with Gasteiger partial charge in [-0.3, -0.25) is 0 Å². The fourth-order valence-electron chi connectivity index (χ4n) is 2.93. The van der Waals surface area contributed by atoms with Gasteiger partial charge in [0.25, 0.3) is 0 Å². The number of nitrogen functional groups attached to an aromatic ring is 1. The summed E-state index contributed by atoms with van der Waals surface area (Å²) < 4.78 is 1.49. The lowest BCUT2D eigenvalue weighted by atomic mass is 10.1. The smallest absolute Gasteiger partial charge is 0.390 e. The molecule has 1 fully saturated rings. The highest BCUT2D eigenvalue weighted by Crippen LogP contribution is 2.32. The van der Waals surface area contributed by atoms with Crippen LogP contribution in [0.2, 0.25) is 0 Å². The van der Waals surface area contributed by atoms with Crippen LogP contribution in [0.25, 0.3) is 11.3 Å². The number of aromatic nitrogens is 2. The molecule has 1 saturated heterocycles. The number of hydrogen-bond donors (Lipinski definition) is 1. The van der Waals surface area contributed by atoms with Crippen molar-refractivity contribution >= 4 is 17.2 Å². The Morgan fingerprint density at radius 2 is 1.95 bits per heavy atom. The molecule has 2 heterocycles. The average molecular weight is 301 g/mol. The first-order valence-electron chi connectivity index (χ1n) is 7.39. The summed E-state index contributed by atoms with van der Waals surface area (Å²) in [7, 11) is 1.68. The molecule has 0 bridgehead atoms. The summed E-state index contributed by atoms with van der Waals surface area (Å²) in [6.07, 6.45) is 3.69. The van der Waals surface area contributed by atoms with Crippen molar-refractivity contribution in [2.45, 2.75) is 19.3 Å². The third-order valence-corrected chi connectivity index (χ3v) is 4.09.